The van der Waals surface area contributed by atoms with Crippen LogP contribution in [0.15, 0.2) is 12.3 Å². The van der Waals surface area contributed by atoms with Crippen LogP contribution in [0, 0.1) is 25.7 Å². The fourth-order valence-corrected chi connectivity index (χ4v) is 2.70. The van der Waals surface area contributed by atoms with Crippen molar-refractivity contribution in [1.29, 1.82) is 0 Å². The Morgan fingerprint density at radius 1 is 1.35 bits per heavy atom. The Kier molecular flexibility index (Phi) is 3.45. The standard InChI is InChI=1S/C17H24N2O/c1-11(2)10-20-17-16-15(7-8-18-17)12(3)13(4)19(16)9-14-5-6-14/h7-8,11,14H,5-6,9-10H2,1-4H3. The van der Waals surface area contributed by atoms with Gasteiger partial charge < -0.3 is 9.30 Å². The van der Waals surface area contributed by atoms with E-state index in [4.69, 9.17) is 4.74 Å². The van der Waals surface area contributed by atoms with Gasteiger partial charge in [0.1, 0.15) is 5.52 Å². The molecule has 0 spiro atoms. The van der Waals surface area contributed by atoms with Crippen LogP contribution in [0.25, 0.3) is 10.9 Å². The average Bonchev–Trinajstić information content (AvgIpc) is 3.20. The van der Waals surface area contributed by atoms with Crippen LogP contribution < -0.4 is 4.74 Å². The summed E-state index contributed by atoms with van der Waals surface area (Å²) in [5.41, 5.74) is 3.90. The number of rotatable bonds is 5. The molecule has 2 heterocycles. The normalized spacial score (nSPS) is 15.2. The Bertz CT molecular complexity index is 623. The molecule has 2 aromatic heterocycles. The molecule has 0 unspecified atom stereocenters. The van der Waals surface area contributed by atoms with Crippen molar-refractivity contribution in [3.63, 3.8) is 0 Å². The Labute approximate surface area is 121 Å². The van der Waals surface area contributed by atoms with E-state index in [0.29, 0.717) is 5.92 Å². The molecule has 0 aromatic carbocycles. The van der Waals surface area contributed by atoms with Crippen molar-refractivity contribution in [2.45, 2.75) is 47.1 Å². The predicted molar refractivity (Wildman–Crippen MR) is 82.3 cm³/mol. The summed E-state index contributed by atoms with van der Waals surface area (Å²) in [6.07, 6.45) is 4.59. The van der Waals surface area contributed by atoms with Gasteiger partial charge in [0, 0.05) is 23.8 Å². The smallest absolute Gasteiger partial charge is 0.238 e. The molecule has 3 heteroatoms. The van der Waals surface area contributed by atoms with E-state index < -0.39 is 0 Å². The van der Waals surface area contributed by atoms with Gasteiger partial charge in [0.25, 0.3) is 0 Å². The summed E-state index contributed by atoms with van der Waals surface area (Å²) < 4.78 is 8.38. The van der Waals surface area contributed by atoms with Crippen molar-refractivity contribution >= 4 is 10.9 Å². The minimum atomic E-state index is 0.515. The molecule has 0 N–H and O–H groups in total. The van der Waals surface area contributed by atoms with Crippen molar-refractivity contribution < 1.29 is 4.74 Å². The van der Waals surface area contributed by atoms with Gasteiger partial charge in [-0.25, -0.2) is 4.98 Å². The van der Waals surface area contributed by atoms with Crippen molar-refractivity contribution in [2.24, 2.45) is 11.8 Å². The number of hydrogen-bond donors (Lipinski definition) is 0. The molecule has 1 fully saturated rings. The molecule has 0 atom stereocenters. The summed E-state index contributed by atoms with van der Waals surface area (Å²) in [4.78, 5) is 4.48. The van der Waals surface area contributed by atoms with Gasteiger partial charge in [0.15, 0.2) is 0 Å². The second kappa shape index (κ2) is 5.12. The van der Waals surface area contributed by atoms with Crippen molar-refractivity contribution in [1.82, 2.24) is 9.55 Å². The van der Waals surface area contributed by atoms with Crippen LogP contribution in [0.4, 0.5) is 0 Å². The first kappa shape index (κ1) is 13.5. The lowest BCUT2D eigenvalue weighted by Crippen LogP contribution is -2.08. The minimum Gasteiger partial charge on any atom is -0.476 e. The zero-order valence-electron chi connectivity index (χ0n) is 12.9. The van der Waals surface area contributed by atoms with Crippen molar-refractivity contribution in [3.05, 3.63) is 23.5 Å². The van der Waals surface area contributed by atoms with Crippen LogP contribution in [-0.2, 0) is 6.54 Å². The molecule has 0 saturated heterocycles. The summed E-state index contributed by atoms with van der Waals surface area (Å²) in [5, 5.41) is 1.29. The maximum absolute atomic E-state index is 5.96. The van der Waals surface area contributed by atoms with E-state index in [9.17, 15) is 0 Å². The largest absolute Gasteiger partial charge is 0.476 e. The van der Waals surface area contributed by atoms with Crippen LogP contribution in [0.3, 0.4) is 0 Å². The first-order valence-electron chi connectivity index (χ1n) is 7.65. The van der Waals surface area contributed by atoms with Gasteiger partial charge in [-0.05, 0) is 50.2 Å². The van der Waals surface area contributed by atoms with Crippen molar-refractivity contribution in [3.8, 4) is 5.88 Å². The molecular weight excluding hydrogens is 248 g/mol. The lowest BCUT2D eigenvalue weighted by molar-refractivity contribution is 0.263. The van der Waals surface area contributed by atoms with Gasteiger partial charge in [-0.1, -0.05) is 13.8 Å². The number of aryl methyl sites for hydroxylation is 1. The molecule has 3 rings (SSSR count). The van der Waals surface area contributed by atoms with Gasteiger partial charge in [-0.2, -0.15) is 0 Å². The Morgan fingerprint density at radius 3 is 2.75 bits per heavy atom. The molecule has 108 valence electrons. The Hall–Kier alpha value is -1.51. The third-order valence-electron chi connectivity index (χ3n) is 4.20. The third kappa shape index (κ3) is 2.41. The minimum absolute atomic E-state index is 0.515. The van der Waals surface area contributed by atoms with Crippen molar-refractivity contribution in [2.75, 3.05) is 6.61 Å². The maximum Gasteiger partial charge on any atom is 0.238 e. The predicted octanol–water partition coefficient (Wildman–Crippen LogP) is 4.10. The number of pyridine rings is 1. The summed E-state index contributed by atoms with van der Waals surface area (Å²) in [7, 11) is 0. The van der Waals surface area contributed by atoms with Crippen LogP contribution in [0.5, 0.6) is 5.88 Å². The van der Waals surface area contributed by atoms with Gasteiger partial charge in [-0.3, -0.25) is 0 Å². The molecular formula is C17H24N2O. The fraction of sp³-hybridized carbons (Fsp3) is 0.588. The Morgan fingerprint density at radius 2 is 2.10 bits per heavy atom. The lowest BCUT2D eigenvalue weighted by atomic mass is 10.2. The summed E-state index contributed by atoms with van der Waals surface area (Å²) >= 11 is 0. The molecule has 1 aliphatic carbocycles. The van der Waals surface area contributed by atoms with E-state index in [-0.39, 0.29) is 0 Å². The SMILES string of the molecule is Cc1c(C)n(CC2CC2)c2c(OCC(C)C)nccc12. The molecule has 0 bridgehead atoms. The topological polar surface area (TPSA) is 27.1 Å². The molecule has 0 radical (unpaired) electrons. The molecule has 0 aliphatic heterocycles. The zero-order chi connectivity index (χ0) is 14.3. The van der Waals surface area contributed by atoms with E-state index in [0.717, 1.165) is 24.9 Å². The van der Waals surface area contributed by atoms with Gasteiger partial charge in [0.2, 0.25) is 5.88 Å². The van der Waals surface area contributed by atoms with Crippen LogP contribution in [0.2, 0.25) is 0 Å². The highest BCUT2D eigenvalue weighted by Crippen LogP contribution is 2.36. The molecule has 0 amide bonds. The molecule has 3 nitrogen and oxygen atoms in total. The fourth-order valence-electron chi connectivity index (χ4n) is 2.70. The number of hydrogen-bond acceptors (Lipinski definition) is 2. The number of ether oxygens (including phenoxy) is 1. The molecule has 20 heavy (non-hydrogen) atoms. The lowest BCUT2D eigenvalue weighted by Gasteiger charge is -2.12. The maximum atomic E-state index is 5.96. The first-order valence-corrected chi connectivity index (χ1v) is 7.65. The number of fused-ring (bicyclic) bond motifs is 1. The highest BCUT2D eigenvalue weighted by molar-refractivity contribution is 5.88. The summed E-state index contributed by atoms with van der Waals surface area (Å²) in [5.74, 6) is 2.16. The van der Waals surface area contributed by atoms with E-state index in [1.54, 1.807) is 0 Å². The van der Waals surface area contributed by atoms with Crippen LogP contribution in [0.1, 0.15) is 37.9 Å². The van der Waals surface area contributed by atoms with E-state index in [2.05, 4.69) is 43.3 Å². The monoisotopic (exact) mass is 272 g/mol. The van der Waals surface area contributed by atoms with E-state index in [1.165, 1.54) is 35.0 Å². The molecule has 1 aliphatic rings. The molecule has 2 aromatic rings. The Balaban J connectivity index is 2.07. The van der Waals surface area contributed by atoms with Crippen LogP contribution in [-0.4, -0.2) is 16.2 Å². The summed E-state index contributed by atoms with van der Waals surface area (Å²) in [6.45, 7) is 10.6. The van der Waals surface area contributed by atoms with Crippen LogP contribution >= 0.6 is 0 Å². The van der Waals surface area contributed by atoms with E-state index in [1.807, 2.05) is 6.20 Å². The van der Waals surface area contributed by atoms with E-state index >= 15 is 0 Å². The second-order valence-corrected chi connectivity index (χ2v) is 6.48. The molecule has 1 saturated carbocycles. The average molecular weight is 272 g/mol. The van der Waals surface area contributed by atoms with Gasteiger partial charge >= 0.3 is 0 Å². The highest BCUT2D eigenvalue weighted by atomic mass is 16.5. The zero-order valence-corrected chi connectivity index (χ0v) is 12.9. The quantitative estimate of drug-likeness (QED) is 0.819. The highest BCUT2D eigenvalue weighted by Gasteiger charge is 2.25. The van der Waals surface area contributed by atoms with Gasteiger partial charge in [0.05, 0.1) is 6.61 Å². The third-order valence-corrected chi connectivity index (χ3v) is 4.20. The number of aromatic nitrogens is 2. The first-order chi connectivity index (χ1) is 9.58. The second-order valence-electron chi connectivity index (χ2n) is 6.48. The van der Waals surface area contributed by atoms with Gasteiger partial charge in [-0.15, -0.1) is 0 Å². The number of nitrogens with zero attached hydrogens (tertiary/aromatic N) is 2. The summed E-state index contributed by atoms with van der Waals surface area (Å²) in [6, 6.07) is 2.11.